The van der Waals surface area contributed by atoms with Gasteiger partial charge in [0, 0.05) is 6.54 Å². The van der Waals surface area contributed by atoms with Crippen molar-refractivity contribution in [3.63, 3.8) is 0 Å². The molecule has 0 atom stereocenters. The van der Waals surface area contributed by atoms with Crippen LogP contribution in [0.1, 0.15) is 16.9 Å². The van der Waals surface area contributed by atoms with Crippen LogP contribution in [0.5, 0.6) is 5.75 Å². The predicted octanol–water partition coefficient (Wildman–Crippen LogP) is 5.17. The number of nitriles is 1. The summed E-state index contributed by atoms with van der Waals surface area (Å²) in [4.78, 5) is 16.4. The maximum Gasteiger partial charge on any atom is 0.277 e. The van der Waals surface area contributed by atoms with E-state index in [0.29, 0.717) is 17.1 Å². The Kier molecular flexibility index (Phi) is 6.11. The lowest BCUT2D eigenvalue weighted by Gasteiger charge is -2.24. The minimum absolute atomic E-state index is 0.195. The number of rotatable bonds is 7. The molecule has 2 aromatic carbocycles. The fraction of sp³-hybridized carbons (Fsp3) is 0.125. The van der Waals surface area contributed by atoms with Crippen LogP contribution in [0.25, 0.3) is 16.3 Å². The molecule has 0 bridgehead atoms. The van der Waals surface area contributed by atoms with E-state index in [-0.39, 0.29) is 18.9 Å². The molecule has 4 aromatic rings. The molecule has 4 rings (SSSR count). The van der Waals surface area contributed by atoms with Gasteiger partial charge in [-0.15, -0.1) is 11.3 Å². The summed E-state index contributed by atoms with van der Waals surface area (Å²) in [5.74, 6) is 0.317. The van der Waals surface area contributed by atoms with Gasteiger partial charge >= 0.3 is 0 Å². The summed E-state index contributed by atoms with van der Waals surface area (Å²) in [6.45, 7) is 0.240. The SMILES string of the molecule is COc1ccccc1N(CCC#N)C(=O)c1cc(-c2cccs2)nn1-c1ccccc1. The number of amides is 1. The van der Waals surface area contributed by atoms with Crippen molar-refractivity contribution in [3.8, 4) is 28.1 Å². The molecule has 0 spiro atoms. The first kappa shape index (κ1) is 20.4. The fourth-order valence-electron chi connectivity index (χ4n) is 3.33. The summed E-state index contributed by atoms with van der Waals surface area (Å²) in [6.07, 6.45) is 0.195. The summed E-state index contributed by atoms with van der Waals surface area (Å²) in [5.41, 5.74) is 2.54. The number of hydrogen-bond acceptors (Lipinski definition) is 5. The van der Waals surface area contributed by atoms with Crippen LogP contribution in [-0.2, 0) is 0 Å². The summed E-state index contributed by atoms with van der Waals surface area (Å²) in [7, 11) is 1.56. The molecule has 0 unspecified atom stereocenters. The number of carbonyl (C=O) groups is 1. The van der Waals surface area contributed by atoms with Crippen LogP contribution in [0.2, 0.25) is 0 Å². The normalized spacial score (nSPS) is 10.5. The molecule has 0 saturated carbocycles. The smallest absolute Gasteiger partial charge is 0.277 e. The Morgan fingerprint density at radius 1 is 1.13 bits per heavy atom. The third-order valence-corrected chi connectivity index (χ3v) is 5.66. The maximum absolute atomic E-state index is 13.8. The number of methoxy groups -OCH3 is 1. The highest BCUT2D eigenvalue weighted by Crippen LogP contribution is 2.31. The molecule has 0 fully saturated rings. The van der Waals surface area contributed by atoms with Gasteiger partial charge in [0.2, 0.25) is 0 Å². The van der Waals surface area contributed by atoms with Gasteiger partial charge < -0.3 is 9.64 Å². The Hall–Kier alpha value is -3.89. The van der Waals surface area contributed by atoms with Crippen molar-refractivity contribution in [2.24, 2.45) is 0 Å². The van der Waals surface area contributed by atoms with E-state index in [4.69, 9.17) is 15.1 Å². The number of nitrogens with zero attached hydrogens (tertiary/aromatic N) is 4. The number of aromatic nitrogens is 2. The Morgan fingerprint density at radius 3 is 2.61 bits per heavy atom. The molecule has 31 heavy (non-hydrogen) atoms. The highest BCUT2D eigenvalue weighted by atomic mass is 32.1. The second kappa shape index (κ2) is 9.28. The molecule has 0 aliphatic rings. The topological polar surface area (TPSA) is 71.2 Å². The number of carbonyl (C=O) groups excluding carboxylic acids is 1. The van der Waals surface area contributed by atoms with E-state index in [0.717, 1.165) is 16.3 Å². The second-order valence-electron chi connectivity index (χ2n) is 6.68. The van der Waals surface area contributed by atoms with Gasteiger partial charge in [-0.05, 0) is 41.8 Å². The van der Waals surface area contributed by atoms with E-state index < -0.39 is 0 Å². The van der Waals surface area contributed by atoms with Gasteiger partial charge in [0.1, 0.15) is 17.1 Å². The average molecular weight is 429 g/mol. The molecule has 0 radical (unpaired) electrons. The molecule has 6 nitrogen and oxygen atoms in total. The van der Waals surface area contributed by atoms with Gasteiger partial charge in [0.25, 0.3) is 5.91 Å². The minimum Gasteiger partial charge on any atom is -0.495 e. The van der Waals surface area contributed by atoms with Crippen LogP contribution < -0.4 is 9.64 Å². The molecule has 154 valence electrons. The highest BCUT2D eigenvalue weighted by Gasteiger charge is 2.26. The molecular weight excluding hydrogens is 408 g/mol. The fourth-order valence-corrected chi connectivity index (χ4v) is 4.01. The van der Waals surface area contributed by atoms with Gasteiger partial charge in [-0.1, -0.05) is 36.4 Å². The molecule has 0 aliphatic carbocycles. The Labute approximate surface area is 184 Å². The zero-order valence-electron chi connectivity index (χ0n) is 16.9. The van der Waals surface area contributed by atoms with Crippen molar-refractivity contribution in [1.82, 2.24) is 9.78 Å². The lowest BCUT2D eigenvalue weighted by atomic mass is 10.2. The maximum atomic E-state index is 13.8. The van der Waals surface area contributed by atoms with E-state index >= 15 is 0 Å². The van der Waals surface area contributed by atoms with E-state index in [1.807, 2.05) is 66.0 Å². The molecule has 7 heteroatoms. The summed E-state index contributed by atoms with van der Waals surface area (Å²) in [6, 6.07) is 24.7. The Morgan fingerprint density at radius 2 is 1.90 bits per heavy atom. The first-order chi connectivity index (χ1) is 15.2. The molecule has 0 aliphatic heterocycles. The first-order valence-electron chi connectivity index (χ1n) is 9.74. The van der Waals surface area contributed by atoms with Crippen LogP contribution in [0.4, 0.5) is 5.69 Å². The first-order valence-corrected chi connectivity index (χ1v) is 10.6. The van der Waals surface area contributed by atoms with Crippen LogP contribution in [0.15, 0.2) is 78.2 Å². The number of anilines is 1. The minimum atomic E-state index is -0.251. The van der Waals surface area contributed by atoms with E-state index in [9.17, 15) is 4.79 Å². The number of thiophene rings is 1. The van der Waals surface area contributed by atoms with E-state index in [1.165, 1.54) is 0 Å². The van der Waals surface area contributed by atoms with Crippen molar-refractivity contribution in [1.29, 1.82) is 5.26 Å². The van der Waals surface area contributed by atoms with E-state index in [1.54, 1.807) is 40.2 Å². The monoisotopic (exact) mass is 428 g/mol. The number of hydrogen-bond donors (Lipinski definition) is 0. The Bertz CT molecular complexity index is 1210. The van der Waals surface area contributed by atoms with Gasteiger partial charge in [0.15, 0.2) is 0 Å². The summed E-state index contributed by atoms with van der Waals surface area (Å²) in [5, 5.41) is 15.9. The standard InChI is InChI=1S/C24H20N4O2S/c1-30-22-12-6-5-11-20(22)27(15-8-14-25)24(29)21-17-19(23-13-7-16-31-23)26-28(21)18-9-3-2-4-10-18/h2-7,9-13,16-17H,8,15H2,1H3. The van der Waals surface area contributed by atoms with Crippen LogP contribution in [0, 0.1) is 11.3 Å². The van der Waals surface area contributed by atoms with Crippen LogP contribution >= 0.6 is 11.3 Å². The third-order valence-electron chi connectivity index (χ3n) is 4.77. The Balaban J connectivity index is 1.84. The highest BCUT2D eigenvalue weighted by molar-refractivity contribution is 7.13. The molecule has 2 aromatic heterocycles. The average Bonchev–Trinajstić information content (AvgIpc) is 3.50. The molecule has 1 amide bonds. The molecule has 0 saturated heterocycles. The van der Waals surface area contributed by atoms with Crippen molar-refractivity contribution >= 4 is 22.9 Å². The van der Waals surface area contributed by atoms with Gasteiger partial charge in [-0.3, -0.25) is 4.79 Å². The molecular formula is C24H20N4O2S. The zero-order chi connectivity index (χ0) is 21.6. The lowest BCUT2D eigenvalue weighted by Crippen LogP contribution is -2.33. The number of ether oxygens (including phenoxy) is 1. The van der Waals surface area contributed by atoms with Gasteiger partial charge in [-0.2, -0.15) is 10.4 Å². The summed E-state index contributed by atoms with van der Waals surface area (Å²) >= 11 is 1.57. The third kappa shape index (κ3) is 4.20. The zero-order valence-corrected chi connectivity index (χ0v) is 17.7. The van der Waals surface area contributed by atoms with Gasteiger partial charge in [-0.25, -0.2) is 4.68 Å². The predicted molar refractivity (Wildman–Crippen MR) is 122 cm³/mol. The second-order valence-corrected chi connectivity index (χ2v) is 7.62. The van der Waals surface area contributed by atoms with Gasteiger partial charge in [0.05, 0.1) is 35.9 Å². The van der Waals surface area contributed by atoms with Crippen molar-refractivity contribution < 1.29 is 9.53 Å². The van der Waals surface area contributed by atoms with Crippen molar-refractivity contribution in [3.05, 3.63) is 83.9 Å². The number of para-hydroxylation sites is 3. The van der Waals surface area contributed by atoms with Crippen LogP contribution in [0.3, 0.4) is 0 Å². The quantitative estimate of drug-likeness (QED) is 0.407. The largest absolute Gasteiger partial charge is 0.495 e. The number of benzene rings is 2. The molecule has 0 N–H and O–H groups in total. The van der Waals surface area contributed by atoms with E-state index in [2.05, 4.69) is 6.07 Å². The summed E-state index contributed by atoms with van der Waals surface area (Å²) < 4.78 is 7.13. The van der Waals surface area contributed by atoms with Crippen molar-refractivity contribution in [2.45, 2.75) is 6.42 Å². The molecule has 2 heterocycles. The van der Waals surface area contributed by atoms with Crippen molar-refractivity contribution in [2.75, 3.05) is 18.6 Å². The van der Waals surface area contributed by atoms with Crippen LogP contribution in [-0.4, -0.2) is 29.3 Å². The lowest BCUT2D eigenvalue weighted by molar-refractivity contribution is 0.0979.